The Bertz CT molecular complexity index is 516. The van der Waals surface area contributed by atoms with Crippen molar-refractivity contribution >= 4 is 23.8 Å². The third-order valence-corrected chi connectivity index (χ3v) is 4.98. The van der Waals surface area contributed by atoms with Crippen molar-refractivity contribution in [3.63, 3.8) is 0 Å². The minimum atomic E-state index is -0.126. The molecule has 1 aromatic rings. The summed E-state index contributed by atoms with van der Waals surface area (Å²) in [5.41, 5.74) is 0. The number of carbonyl (C=O) groups excluding carboxylic acids is 2. The van der Waals surface area contributed by atoms with E-state index in [-0.39, 0.29) is 24.1 Å². The van der Waals surface area contributed by atoms with Gasteiger partial charge in [-0.25, -0.2) is 4.79 Å². The number of esters is 1. The molecule has 0 bridgehead atoms. The van der Waals surface area contributed by atoms with Gasteiger partial charge in [-0.05, 0) is 44.7 Å². The van der Waals surface area contributed by atoms with E-state index in [1.165, 1.54) is 4.90 Å². The van der Waals surface area contributed by atoms with E-state index >= 15 is 0 Å². The van der Waals surface area contributed by atoms with Gasteiger partial charge in [0.2, 0.25) is 0 Å². The number of hydrogen-bond acceptors (Lipinski definition) is 4. The maximum atomic E-state index is 11.9. The van der Waals surface area contributed by atoms with Crippen molar-refractivity contribution in [3.8, 4) is 0 Å². The van der Waals surface area contributed by atoms with Crippen LogP contribution < -0.4 is 10.6 Å². The van der Waals surface area contributed by atoms with Gasteiger partial charge in [0.15, 0.2) is 0 Å². The molecule has 0 atom stereocenters. The number of rotatable bonds is 7. The Morgan fingerprint density at radius 1 is 1.17 bits per heavy atom. The molecule has 0 radical (unpaired) electrons. The lowest BCUT2D eigenvalue weighted by molar-refractivity contribution is -0.150. The highest BCUT2D eigenvalue weighted by molar-refractivity contribution is 7.99. The minimum absolute atomic E-state index is 0.00786. The van der Waals surface area contributed by atoms with Gasteiger partial charge in [0.25, 0.3) is 0 Å². The van der Waals surface area contributed by atoms with Gasteiger partial charge in [-0.2, -0.15) is 0 Å². The van der Waals surface area contributed by atoms with Gasteiger partial charge < -0.3 is 15.4 Å². The smallest absolute Gasteiger partial charge is 0.314 e. The first kappa shape index (κ1) is 18.6. The number of hydrogen-bond donors (Lipinski definition) is 2. The van der Waals surface area contributed by atoms with Crippen molar-refractivity contribution in [1.82, 2.24) is 10.6 Å². The molecule has 6 heteroatoms. The Hall–Kier alpha value is -1.69. The number of nitrogens with one attached hydrogen (secondary N) is 2. The molecule has 0 unspecified atom stereocenters. The van der Waals surface area contributed by atoms with Gasteiger partial charge in [-0.3, -0.25) is 4.79 Å². The lowest BCUT2D eigenvalue weighted by atomic mass is 9.93. The summed E-state index contributed by atoms with van der Waals surface area (Å²) in [7, 11) is 0. The topological polar surface area (TPSA) is 67.4 Å². The number of thioether (sulfide) groups is 1. The van der Waals surface area contributed by atoms with E-state index in [9.17, 15) is 9.59 Å². The van der Waals surface area contributed by atoms with Crippen LogP contribution in [0.25, 0.3) is 0 Å². The van der Waals surface area contributed by atoms with Gasteiger partial charge in [0, 0.05) is 23.2 Å². The van der Waals surface area contributed by atoms with E-state index < -0.39 is 0 Å². The third kappa shape index (κ3) is 6.83. The van der Waals surface area contributed by atoms with E-state index in [1.807, 2.05) is 37.3 Å². The number of benzene rings is 1. The molecule has 0 heterocycles. The Morgan fingerprint density at radius 2 is 1.88 bits per heavy atom. The molecule has 2 amide bonds. The fourth-order valence-corrected chi connectivity index (χ4v) is 3.59. The summed E-state index contributed by atoms with van der Waals surface area (Å²) in [4.78, 5) is 24.6. The van der Waals surface area contributed by atoms with Crippen LogP contribution in [0.1, 0.15) is 39.0 Å². The summed E-state index contributed by atoms with van der Waals surface area (Å²) in [5.74, 6) is 0.607. The molecule has 0 spiro atoms. The average molecular weight is 350 g/mol. The van der Waals surface area contributed by atoms with Gasteiger partial charge >= 0.3 is 12.0 Å². The predicted molar refractivity (Wildman–Crippen MR) is 96.1 cm³/mol. The van der Waals surface area contributed by atoms with Crippen LogP contribution in [-0.2, 0) is 9.53 Å². The second-order valence-electron chi connectivity index (χ2n) is 5.88. The quantitative estimate of drug-likeness (QED) is 0.585. The van der Waals surface area contributed by atoms with Gasteiger partial charge in [0.05, 0.1) is 6.42 Å². The molecule has 5 nitrogen and oxygen atoms in total. The Morgan fingerprint density at radius 3 is 2.54 bits per heavy atom. The predicted octanol–water partition coefficient (Wildman–Crippen LogP) is 3.34. The molecule has 2 rings (SSSR count). The van der Waals surface area contributed by atoms with Crippen LogP contribution in [0.5, 0.6) is 0 Å². The summed E-state index contributed by atoms with van der Waals surface area (Å²) in [6.45, 7) is 2.52. The van der Waals surface area contributed by atoms with Crippen molar-refractivity contribution in [3.05, 3.63) is 30.3 Å². The van der Waals surface area contributed by atoms with Crippen LogP contribution in [0, 0.1) is 0 Å². The molecule has 132 valence electrons. The molecular formula is C18H26N2O3S. The van der Waals surface area contributed by atoms with Gasteiger partial charge in [-0.15, -0.1) is 11.8 Å². The Kier molecular flexibility index (Phi) is 7.95. The second kappa shape index (κ2) is 10.2. The fraction of sp³-hybridized carbons (Fsp3) is 0.556. The van der Waals surface area contributed by atoms with Gasteiger partial charge in [-0.1, -0.05) is 18.2 Å². The van der Waals surface area contributed by atoms with Crippen LogP contribution >= 0.6 is 11.8 Å². The molecular weight excluding hydrogens is 324 g/mol. The maximum absolute atomic E-state index is 11.9. The molecule has 1 aliphatic carbocycles. The number of urea groups is 1. The lowest BCUT2D eigenvalue weighted by Crippen LogP contribution is -2.44. The summed E-state index contributed by atoms with van der Waals surface area (Å²) in [6, 6.07) is 10.1. The van der Waals surface area contributed by atoms with E-state index in [2.05, 4.69) is 10.6 Å². The second-order valence-corrected chi connectivity index (χ2v) is 7.05. The third-order valence-electron chi connectivity index (χ3n) is 3.96. The minimum Gasteiger partial charge on any atom is -0.462 e. The first-order chi connectivity index (χ1) is 11.7. The molecule has 0 aliphatic heterocycles. The van der Waals surface area contributed by atoms with E-state index in [1.54, 1.807) is 11.8 Å². The standard InChI is InChI=1S/C18H26N2O3S/c1-2-19-18(22)20-14-8-10-15(11-9-14)23-17(21)12-13-24-16-6-4-3-5-7-16/h3-7,14-15H,2,8-13H2,1H3,(H2,19,20,22). The normalized spacial score (nSPS) is 20.2. The number of amides is 2. The summed E-state index contributed by atoms with van der Waals surface area (Å²) < 4.78 is 5.55. The zero-order valence-electron chi connectivity index (χ0n) is 14.1. The molecule has 0 saturated heterocycles. The summed E-state index contributed by atoms with van der Waals surface area (Å²) in [5, 5.41) is 5.69. The molecule has 1 aliphatic rings. The molecule has 24 heavy (non-hydrogen) atoms. The first-order valence-corrected chi connectivity index (χ1v) is 9.57. The SMILES string of the molecule is CCNC(=O)NC1CCC(OC(=O)CCSc2ccccc2)CC1. The monoisotopic (exact) mass is 350 g/mol. The zero-order valence-corrected chi connectivity index (χ0v) is 14.9. The fourth-order valence-electron chi connectivity index (χ4n) is 2.74. The van der Waals surface area contributed by atoms with Crippen molar-refractivity contribution in [2.75, 3.05) is 12.3 Å². The largest absolute Gasteiger partial charge is 0.462 e. The molecule has 1 fully saturated rings. The molecule has 1 aromatic carbocycles. The van der Waals surface area contributed by atoms with Crippen LogP contribution in [0.2, 0.25) is 0 Å². The first-order valence-electron chi connectivity index (χ1n) is 8.59. The summed E-state index contributed by atoms with van der Waals surface area (Å²) >= 11 is 1.67. The van der Waals surface area contributed by atoms with Crippen LogP contribution in [-0.4, -0.2) is 36.4 Å². The molecule has 0 aromatic heterocycles. The van der Waals surface area contributed by atoms with Gasteiger partial charge in [0.1, 0.15) is 6.10 Å². The lowest BCUT2D eigenvalue weighted by Gasteiger charge is -2.28. The van der Waals surface area contributed by atoms with Crippen molar-refractivity contribution < 1.29 is 14.3 Å². The van der Waals surface area contributed by atoms with Crippen LogP contribution in [0.15, 0.2) is 35.2 Å². The van der Waals surface area contributed by atoms with Crippen LogP contribution in [0.3, 0.4) is 0 Å². The number of ether oxygens (including phenoxy) is 1. The molecule has 1 saturated carbocycles. The Balaban J connectivity index is 1.59. The average Bonchev–Trinajstić information content (AvgIpc) is 2.58. The van der Waals surface area contributed by atoms with E-state index in [4.69, 9.17) is 4.74 Å². The Labute approximate surface area is 147 Å². The van der Waals surface area contributed by atoms with Crippen molar-refractivity contribution in [2.24, 2.45) is 0 Å². The molecule has 2 N–H and O–H groups in total. The van der Waals surface area contributed by atoms with Crippen molar-refractivity contribution in [2.45, 2.75) is 56.1 Å². The van der Waals surface area contributed by atoms with Crippen LogP contribution in [0.4, 0.5) is 4.79 Å². The maximum Gasteiger partial charge on any atom is 0.314 e. The van der Waals surface area contributed by atoms with Crippen molar-refractivity contribution in [1.29, 1.82) is 0 Å². The number of carbonyl (C=O) groups is 2. The summed E-state index contributed by atoms with van der Waals surface area (Å²) in [6.07, 6.45) is 3.76. The highest BCUT2D eigenvalue weighted by atomic mass is 32.2. The van der Waals surface area contributed by atoms with E-state index in [0.29, 0.717) is 13.0 Å². The zero-order chi connectivity index (χ0) is 17.2. The highest BCUT2D eigenvalue weighted by Gasteiger charge is 2.24. The highest BCUT2D eigenvalue weighted by Crippen LogP contribution is 2.23. The van der Waals surface area contributed by atoms with E-state index in [0.717, 1.165) is 31.4 Å².